The van der Waals surface area contributed by atoms with Gasteiger partial charge in [-0.05, 0) is 49.6 Å². The zero-order valence-electron chi connectivity index (χ0n) is 12.0. The van der Waals surface area contributed by atoms with Crippen LogP contribution in [0.1, 0.15) is 38.2 Å². The second-order valence-corrected chi connectivity index (χ2v) is 6.01. The molecule has 2 N–H and O–H groups in total. The maximum atomic E-state index is 8.95. The number of aliphatic hydroxyl groups excluding tert-OH is 1. The van der Waals surface area contributed by atoms with Crippen molar-refractivity contribution in [2.45, 2.75) is 45.1 Å². The molecular weight excluding hydrogens is 234 g/mol. The van der Waals surface area contributed by atoms with E-state index in [0.29, 0.717) is 18.6 Å². The third kappa shape index (κ3) is 4.63. The first-order chi connectivity index (χ1) is 9.29. The Hall–Kier alpha value is -0.860. The zero-order valence-corrected chi connectivity index (χ0v) is 12.0. The monoisotopic (exact) mass is 261 g/mol. The fraction of sp³-hybridized carbons (Fsp3) is 0.647. The summed E-state index contributed by atoms with van der Waals surface area (Å²) in [6.45, 7) is 3.56. The van der Waals surface area contributed by atoms with Crippen molar-refractivity contribution in [1.29, 1.82) is 0 Å². The molecule has 0 aliphatic heterocycles. The summed E-state index contributed by atoms with van der Waals surface area (Å²) in [7, 11) is 0. The molecule has 1 aromatic rings. The molecule has 1 saturated carbocycles. The summed E-state index contributed by atoms with van der Waals surface area (Å²) in [5.41, 5.74) is 1.46. The van der Waals surface area contributed by atoms with E-state index in [1.807, 2.05) is 0 Å². The first-order valence-electron chi connectivity index (χ1n) is 7.67. The van der Waals surface area contributed by atoms with E-state index in [9.17, 15) is 0 Å². The topological polar surface area (TPSA) is 32.3 Å². The Kier molecular flexibility index (Phi) is 5.87. The molecule has 1 aliphatic rings. The van der Waals surface area contributed by atoms with Crippen molar-refractivity contribution in [2.75, 3.05) is 13.2 Å². The summed E-state index contributed by atoms with van der Waals surface area (Å²) >= 11 is 0. The highest BCUT2D eigenvalue weighted by atomic mass is 16.3. The number of hydrogen-bond acceptors (Lipinski definition) is 2. The molecular formula is C17H27NO. The van der Waals surface area contributed by atoms with Crippen LogP contribution in [0.15, 0.2) is 30.3 Å². The van der Waals surface area contributed by atoms with Gasteiger partial charge in [0.2, 0.25) is 0 Å². The lowest BCUT2D eigenvalue weighted by molar-refractivity contribution is 0.254. The van der Waals surface area contributed by atoms with E-state index in [2.05, 4.69) is 42.6 Å². The lowest BCUT2D eigenvalue weighted by Crippen LogP contribution is -2.36. The first kappa shape index (κ1) is 14.5. The summed E-state index contributed by atoms with van der Waals surface area (Å²) in [5.74, 6) is 1.35. The highest BCUT2D eigenvalue weighted by Crippen LogP contribution is 2.29. The van der Waals surface area contributed by atoms with Crippen LogP contribution in [-0.2, 0) is 6.42 Å². The molecule has 2 nitrogen and oxygen atoms in total. The molecule has 0 radical (unpaired) electrons. The summed E-state index contributed by atoms with van der Waals surface area (Å²) in [5, 5.41) is 12.7. The lowest BCUT2D eigenvalue weighted by Gasteiger charge is -2.23. The van der Waals surface area contributed by atoms with Gasteiger partial charge in [0.05, 0.1) is 0 Å². The van der Waals surface area contributed by atoms with Gasteiger partial charge in [-0.3, -0.25) is 0 Å². The van der Waals surface area contributed by atoms with Crippen LogP contribution in [0, 0.1) is 11.8 Å². The van der Waals surface area contributed by atoms with Crippen molar-refractivity contribution >= 4 is 0 Å². The fourth-order valence-corrected chi connectivity index (χ4v) is 3.14. The highest BCUT2D eigenvalue weighted by Gasteiger charge is 2.26. The van der Waals surface area contributed by atoms with Gasteiger partial charge in [0.25, 0.3) is 0 Å². The molecule has 0 aromatic heterocycles. The molecule has 106 valence electrons. The minimum Gasteiger partial charge on any atom is -0.396 e. The molecule has 2 heteroatoms. The van der Waals surface area contributed by atoms with Gasteiger partial charge in [0, 0.05) is 12.6 Å². The van der Waals surface area contributed by atoms with Crippen LogP contribution in [0.3, 0.4) is 0 Å². The predicted octanol–water partition coefficient (Wildman–Crippen LogP) is 3.01. The Morgan fingerprint density at radius 1 is 1.26 bits per heavy atom. The minimum atomic E-state index is 0.307. The van der Waals surface area contributed by atoms with Crippen molar-refractivity contribution in [1.82, 2.24) is 5.32 Å². The Bertz CT molecular complexity index is 352. The van der Waals surface area contributed by atoms with Gasteiger partial charge in [-0.25, -0.2) is 0 Å². The van der Waals surface area contributed by atoms with Crippen LogP contribution in [0.4, 0.5) is 0 Å². The smallest absolute Gasteiger partial charge is 0.0434 e. The maximum absolute atomic E-state index is 8.95. The first-order valence-corrected chi connectivity index (χ1v) is 7.67. The van der Waals surface area contributed by atoms with Crippen molar-refractivity contribution in [2.24, 2.45) is 11.8 Å². The molecule has 0 saturated heterocycles. The van der Waals surface area contributed by atoms with Crippen molar-refractivity contribution in [3.05, 3.63) is 35.9 Å². The Morgan fingerprint density at radius 3 is 2.79 bits per heavy atom. The number of hydrogen-bond donors (Lipinski definition) is 2. The maximum Gasteiger partial charge on any atom is 0.0434 e. The lowest BCUT2D eigenvalue weighted by atomic mass is 9.94. The van der Waals surface area contributed by atoms with Gasteiger partial charge in [-0.15, -0.1) is 0 Å². The highest BCUT2D eigenvalue weighted by molar-refractivity contribution is 5.16. The largest absolute Gasteiger partial charge is 0.396 e. The molecule has 0 spiro atoms. The summed E-state index contributed by atoms with van der Waals surface area (Å²) < 4.78 is 0. The summed E-state index contributed by atoms with van der Waals surface area (Å²) in [6, 6.07) is 11.5. The van der Waals surface area contributed by atoms with Gasteiger partial charge in [0.15, 0.2) is 0 Å². The minimum absolute atomic E-state index is 0.307. The average molecular weight is 261 g/mol. The van der Waals surface area contributed by atoms with E-state index in [0.717, 1.165) is 18.9 Å². The fourth-order valence-electron chi connectivity index (χ4n) is 3.14. The third-order valence-electron chi connectivity index (χ3n) is 4.35. The Morgan fingerprint density at radius 2 is 2.05 bits per heavy atom. The van der Waals surface area contributed by atoms with E-state index in [-0.39, 0.29) is 0 Å². The normalized spacial score (nSPS) is 24.5. The number of rotatable bonds is 7. The van der Waals surface area contributed by atoms with Crippen molar-refractivity contribution in [3.63, 3.8) is 0 Å². The van der Waals surface area contributed by atoms with E-state index in [1.54, 1.807) is 0 Å². The molecule has 0 bridgehead atoms. The van der Waals surface area contributed by atoms with Crippen LogP contribution in [0.2, 0.25) is 0 Å². The van der Waals surface area contributed by atoms with Crippen LogP contribution in [0.25, 0.3) is 0 Å². The number of nitrogens with one attached hydrogen (secondary N) is 1. The standard InChI is InChI=1S/C17H27NO/c1-14(10-11-19)13-18-17-9-5-8-16(17)12-15-6-3-2-4-7-15/h2-4,6-7,14,16-19H,5,8-13H2,1H3. The number of benzene rings is 1. The molecule has 3 unspecified atom stereocenters. The van der Waals surface area contributed by atoms with Gasteiger partial charge in [-0.2, -0.15) is 0 Å². The van der Waals surface area contributed by atoms with Crippen LogP contribution in [-0.4, -0.2) is 24.3 Å². The van der Waals surface area contributed by atoms with E-state index >= 15 is 0 Å². The van der Waals surface area contributed by atoms with Crippen LogP contribution in [0.5, 0.6) is 0 Å². The third-order valence-corrected chi connectivity index (χ3v) is 4.35. The molecule has 2 rings (SSSR count). The zero-order chi connectivity index (χ0) is 13.5. The molecule has 19 heavy (non-hydrogen) atoms. The molecule has 0 heterocycles. The Balaban J connectivity index is 1.80. The molecule has 1 aliphatic carbocycles. The van der Waals surface area contributed by atoms with Gasteiger partial charge >= 0.3 is 0 Å². The van der Waals surface area contributed by atoms with Gasteiger partial charge in [-0.1, -0.05) is 43.7 Å². The van der Waals surface area contributed by atoms with Crippen molar-refractivity contribution < 1.29 is 5.11 Å². The Labute approximate surface area is 117 Å². The predicted molar refractivity (Wildman–Crippen MR) is 80.1 cm³/mol. The van der Waals surface area contributed by atoms with E-state index in [1.165, 1.54) is 31.2 Å². The number of aliphatic hydroxyl groups is 1. The van der Waals surface area contributed by atoms with E-state index < -0.39 is 0 Å². The van der Waals surface area contributed by atoms with Crippen LogP contribution < -0.4 is 5.32 Å². The SMILES string of the molecule is CC(CCO)CNC1CCCC1Cc1ccccc1. The quantitative estimate of drug-likeness (QED) is 0.791. The molecule has 1 aromatic carbocycles. The molecule has 0 amide bonds. The van der Waals surface area contributed by atoms with Gasteiger partial charge < -0.3 is 10.4 Å². The van der Waals surface area contributed by atoms with Crippen LogP contribution >= 0.6 is 0 Å². The molecule has 3 atom stereocenters. The molecule has 1 fully saturated rings. The summed E-state index contributed by atoms with van der Waals surface area (Å²) in [6.07, 6.45) is 6.11. The summed E-state index contributed by atoms with van der Waals surface area (Å²) in [4.78, 5) is 0. The van der Waals surface area contributed by atoms with Gasteiger partial charge in [0.1, 0.15) is 0 Å². The second-order valence-electron chi connectivity index (χ2n) is 6.01. The second kappa shape index (κ2) is 7.66. The average Bonchev–Trinajstić information content (AvgIpc) is 2.85. The van der Waals surface area contributed by atoms with E-state index in [4.69, 9.17) is 5.11 Å². The van der Waals surface area contributed by atoms with Crippen molar-refractivity contribution in [3.8, 4) is 0 Å².